The maximum atomic E-state index is 11.4. The Morgan fingerprint density at radius 1 is 1.20 bits per heavy atom. The molecule has 4 nitrogen and oxygen atoms in total. The lowest BCUT2D eigenvalue weighted by molar-refractivity contribution is -0.156. The highest BCUT2D eigenvalue weighted by molar-refractivity contribution is 5.82. The average Bonchev–Trinajstić information content (AvgIpc) is 2.20. The molecule has 1 N–H and O–H groups in total. The molecule has 1 aliphatic rings. The Hall–Kier alpha value is -1.32. The van der Waals surface area contributed by atoms with E-state index in [0.717, 1.165) is 11.1 Å². The molecule has 0 aliphatic heterocycles. The van der Waals surface area contributed by atoms with Crippen LogP contribution >= 0.6 is 0 Å². The van der Waals surface area contributed by atoms with Crippen molar-refractivity contribution in [2.75, 3.05) is 7.11 Å². The highest BCUT2D eigenvalue weighted by Crippen LogP contribution is 2.34. The molecule has 0 saturated heterocycles. The van der Waals surface area contributed by atoms with Crippen LogP contribution in [0.3, 0.4) is 0 Å². The number of rotatable bonds is 2. The van der Waals surface area contributed by atoms with E-state index in [4.69, 9.17) is 5.11 Å². The van der Waals surface area contributed by atoms with Gasteiger partial charge >= 0.3 is 11.9 Å². The van der Waals surface area contributed by atoms with Crippen LogP contribution in [0.25, 0.3) is 0 Å². The Labute approximate surface area is 88.9 Å². The largest absolute Gasteiger partial charge is 0.481 e. The zero-order valence-corrected chi connectivity index (χ0v) is 9.24. The van der Waals surface area contributed by atoms with Crippen LogP contribution in [-0.4, -0.2) is 24.2 Å². The molecule has 4 heteroatoms. The summed E-state index contributed by atoms with van der Waals surface area (Å²) in [5.41, 5.74) is 2.17. The third kappa shape index (κ3) is 2.37. The Morgan fingerprint density at radius 3 is 2.07 bits per heavy atom. The van der Waals surface area contributed by atoms with Gasteiger partial charge in [0.25, 0.3) is 0 Å². The van der Waals surface area contributed by atoms with Crippen molar-refractivity contribution in [3.8, 4) is 0 Å². The Kier molecular flexibility index (Phi) is 3.50. The number of methoxy groups -OCH3 is 1. The van der Waals surface area contributed by atoms with Gasteiger partial charge in [-0.1, -0.05) is 11.1 Å². The number of hydrogen-bond donors (Lipinski definition) is 1. The third-order valence-electron chi connectivity index (χ3n) is 3.09. The maximum Gasteiger partial charge on any atom is 0.309 e. The number of esters is 1. The minimum absolute atomic E-state index is 0.422. The molecule has 0 heterocycles. The average molecular weight is 212 g/mol. The van der Waals surface area contributed by atoms with E-state index in [9.17, 15) is 9.59 Å². The summed E-state index contributed by atoms with van der Waals surface area (Å²) in [6, 6.07) is 0. The molecule has 0 bridgehead atoms. The lowest BCUT2D eigenvalue weighted by Gasteiger charge is -2.28. The molecule has 2 atom stereocenters. The molecule has 0 saturated carbocycles. The fourth-order valence-corrected chi connectivity index (χ4v) is 1.95. The normalized spacial score (nSPS) is 26.3. The van der Waals surface area contributed by atoms with Crippen LogP contribution in [0.15, 0.2) is 11.1 Å². The summed E-state index contributed by atoms with van der Waals surface area (Å²) >= 11 is 0. The zero-order valence-electron chi connectivity index (χ0n) is 9.24. The van der Waals surface area contributed by atoms with E-state index >= 15 is 0 Å². The molecule has 1 aliphatic carbocycles. The van der Waals surface area contributed by atoms with Gasteiger partial charge in [-0.2, -0.15) is 0 Å². The van der Waals surface area contributed by atoms with Crippen molar-refractivity contribution in [3.63, 3.8) is 0 Å². The van der Waals surface area contributed by atoms with Gasteiger partial charge in [-0.15, -0.1) is 0 Å². The number of carboxylic acid groups (broad SMARTS) is 1. The van der Waals surface area contributed by atoms with Gasteiger partial charge in [-0.3, -0.25) is 9.59 Å². The fourth-order valence-electron chi connectivity index (χ4n) is 1.95. The van der Waals surface area contributed by atoms with E-state index in [1.54, 1.807) is 0 Å². The summed E-state index contributed by atoms with van der Waals surface area (Å²) in [5.74, 6) is -2.51. The second-order valence-corrected chi connectivity index (χ2v) is 4.04. The van der Waals surface area contributed by atoms with Crippen LogP contribution < -0.4 is 0 Å². The smallest absolute Gasteiger partial charge is 0.309 e. The molecular weight excluding hydrogens is 196 g/mol. The van der Waals surface area contributed by atoms with E-state index in [2.05, 4.69) is 4.74 Å². The van der Waals surface area contributed by atoms with E-state index in [1.165, 1.54) is 7.11 Å². The maximum absolute atomic E-state index is 11.4. The number of ether oxygens (including phenoxy) is 1. The minimum atomic E-state index is -0.919. The summed E-state index contributed by atoms with van der Waals surface area (Å²) in [6.45, 7) is 3.85. The fraction of sp³-hybridized carbons (Fsp3) is 0.636. The summed E-state index contributed by atoms with van der Waals surface area (Å²) < 4.78 is 4.63. The number of aliphatic carboxylic acids is 1. The monoisotopic (exact) mass is 212 g/mol. The van der Waals surface area contributed by atoms with Crippen LogP contribution in [-0.2, 0) is 14.3 Å². The predicted octanol–water partition coefficient (Wildman–Crippen LogP) is 1.61. The van der Waals surface area contributed by atoms with Gasteiger partial charge in [0.1, 0.15) is 0 Å². The Morgan fingerprint density at radius 2 is 1.67 bits per heavy atom. The van der Waals surface area contributed by atoms with Gasteiger partial charge in [-0.05, 0) is 26.7 Å². The second kappa shape index (κ2) is 4.47. The van der Waals surface area contributed by atoms with Crippen LogP contribution in [0.1, 0.15) is 26.7 Å². The number of carbonyl (C=O) groups is 2. The molecule has 15 heavy (non-hydrogen) atoms. The summed E-state index contributed by atoms with van der Waals surface area (Å²) in [5, 5.41) is 9.03. The second-order valence-electron chi connectivity index (χ2n) is 4.04. The first kappa shape index (κ1) is 11.8. The number of allylic oxidation sites excluding steroid dienone is 2. The lowest BCUT2D eigenvalue weighted by Crippen LogP contribution is -2.33. The van der Waals surface area contributed by atoms with Crippen LogP contribution in [0, 0.1) is 11.8 Å². The van der Waals surface area contributed by atoms with Crippen molar-refractivity contribution in [3.05, 3.63) is 11.1 Å². The van der Waals surface area contributed by atoms with Gasteiger partial charge < -0.3 is 9.84 Å². The lowest BCUT2D eigenvalue weighted by atomic mass is 9.76. The zero-order chi connectivity index (χ0) is 11.6. The molecule has 84 valence electrons. The number of hydrogen-bond acceptors (Lipinski definition) is 3. The molecule has 0 aromatic carbocycles. The Balaban J connectivity index is 2.94. The SMILES string of the molecule is COC(=O)[C@H]1CC(C)=C(C)C[C@@H]1C(=O)O. The van der Waals surface area contributed by atoms with E-state index in [0.29, 0.717) is 12.8 Å². The molecule has 0 spiro atoms. The van der Waals surface area contributed by atoms with Crippen molar-refractivity contribution in [1.82, 2.24) is 0 Å². The molecular formula is C11H16O4. The van der Waals surface area contributed by atoms with Gasteiger partial charge in [0.2, 0.25) is 0 Å². The van der Waals surface area contributed by atoms with Gasteiger partial charge in [0.05, 0.1) is 18.9 Å². The van der Waals surface area contributed by atoms with Crippen molar-refractivity contribution in [2.24, 2.45) is 11.8 Å². The highest BCUT2D eigenvalue weighted by Gasteiger charge is 2.37. The quantitative estimate of drug-likeness (QED) is 0.558. The van der Waals surface area contributed by atoms with Crippen molar-refractivity contribution in [2.45, 2.75) is 26.7 Å². The highest BCUT2D eigenvalue weighted by atomic mass is 16.5. The van der Waals surface area contributed by atoms with E-state index in [-0.39, 0.29) is 0 Å². The van der Waals surface area contributed by atoms with Gasteiger partial charge in [-0.25, -0.2) is 0 Å². The minimum Gasteiger partial charge on any atom is -0.481 e. The molecule has 1 rings (SSSR count). The van der Waals surface area contributed by atoms with Gasteiger partial charge in [0.15, 0.2) is 0 Å². The molecule has 0 radical (unpaired) electrons. The molecule has 0 aromatic rings. The third-order valence-corrected chi connectivity index (χ3v) is 3.09. The standard InChI is InChI=1S/C11H16O4/c1-6-4-8(10(12)13)9(5-7(6)2)11(14)15-3/h8-9H,4-5H2,1-3H3,(H,12,13)/t8-,9-/m0/s1. The van der Waals surface area contributed by atoms with Crippen LogP contribution in [0.2, 0.25) is 0 Å². The molecule has 0 fully saturated rings. The number of carbonyl (C=O) groups excluding carboxylic acids is 1. The first-order chi connectivity index (χ1) is 6.97. The van der Waals surface area contributed by atoms with Crippen molar-refractivity contribution in [1.29, 1.82) is 0 Å². The molecule has 0 unspecified atom stereocenters. The van der Waals surface area contributed by atoms with Crippen LogP contribution in [0.4, 0.5) is 0 Å². The summed E-state index contributed by atoms with van der Waals surface area (Å²) in [4.78, 5) is 22.4. The first-order valence-electron chi connectivity index (χ1n) is 4.93. The Bertz CT molecular complexity index is 317. The van der Waals surface area contributed by atoms with Crippen LogP contribution in [0.5, 0.6) is 0 Å². The van der Waals surface area contributed by atoms with Gasteiger partial charge in [0, 0.05) is 0 Å². The topological polar surface area (TPSA) is 63.6 Å². The van der Waals surface area contributed by atoms with Crippen molar-refractivity contribution >= 4 is 11.9 Å². The summed E-state index contributed by atoms with van der Waals surface area (Å²) in [6.07, 6.45) is 0.941. The molecule has 0 amide bonds. The van der Waals surface area contributed by atoms with E-state index < -0.39 is 23.8 Å². The first-order valence-corrected chi connectivity index (χ1v) is 4.93. The van der Waals surface area contributed by atoms with E-state index in [1.807, 2.05) is 13.8 Å². The summed E-state index contributed by atoms with van der Waals surface area (Å²) in [7, 11) is 1.29. The molecule has 0 aromatic heterocycles. The van der Waals surface area contributed by atoms with Crippen molar-refractivity contribution < 1.29 is 19.4 Å². The number of carboxylic acids is 1. The predicted molar refractivity (Wildman–Crippen MR) is 54.2 cm³/mol.